The third-order valence-corrected chi connectivity index (χ3v) is 2.84. The molecule has 1 amide bonds. The number of hydrogen-bond donors (Lipinski definition) is 2. The number of rotatable bonds is 5. The Morgan fingerprint density at radius 2 is 2.00 bits per heavy atom. The molecule has 0 atom stereocenters. The van der Waals surface area contributed by atoms with Crippen LogP contribution in [0.3, 0.4) is 0 Å². The second-order valence-corrected chi connectivity index (χ2v) is 4.30. The standard InChI is InChI=1S/C15H17N3O/c1-12-9-16-8-7-13(12)10-18-15(19)11-17-14-5-3-2-4-6-14/h2-9,17H,10-11H2,1H3,(H,18,19). The molecule has 1 aromatic carbocycles. The highest BCUT2D eigenvalue weighted by molar-refractivity contribution is 5.80. The summed E-state index contributed by atoms with van der Waals surface area (Å²) in [5, 5.41) is 5.95. The zero-order chi connectivity index (χ0) is 13.5. The van der Waals surface area contributed by atoms with Crippen LogP contribution in [0.15, 0.2) is 48.8 Å². The largest absolute Gasteiger partial charge is 0.376 e. The SMILES string of the molecule is Cc1cnccc1CNC(=O)CNc1ccccc1. The smallest absolute Gasteiger partial charge is 0.239 e. The van der Waals surface area contributed by atoms with Gasteiger partial charge in [0.15, 0.2) is 0 Å². The van der Waals surface area contributed by atoms with Crippen molar-refractivity contribution in [2.75, 3.05) is 11.9 Å². The molecular weight excluding hydrogens is 238 g/mol. The van der Waals surface area contributed by atoms with Crippen LogP contribution < -0.4 is 10.6 Å². The molecule has 0 fully saturated rings. The van der Waals surface area contributed by atoms with E-state index in [1.807, 2.05) is 43.3 Å². The van der Waals surface area contributed by atoms with Crippen molar-refractivity contribution in [2.24, 2.45) is 0 Å². The molecule has 0 aliphatic carbocycles. The molecule has 0 unspecified atom stereocenters. The first kappa shape index (κ1) is 13.1. The quantitative estimate of drug-likeness (QED) is 0.860. The van der Waals surface area contributed by atoms with Crippen LogP contribution in [-0.4, -0.2) is 17.4 Å². The number of carbonyl (C=O) groups excluding carboxylic acids is 1. The van der Waals surface area contributed by atoms with Crippen LogP contribution in [0.1, 0.15) is 11.1 Å². The van der Waals surface area contributed by atoms with Gasteiger partial charge in [0.05, 0.1) is 6.54 Å². The lowest BCUT2D eigenvalue weighted by molar-refractivity contribution is -0.119. The second-order valence-electron chi connectivity index (χ2n) is 4.30. The number of amides is 1. The van der Waals surface area contributed by atoms with Crippen molar-refractivity contribution in [3.63, 3.8) is 0 Å². The third kappa shape index (κ3) is 4.10. The monoisotopic (exact) mass is 255 g/mol. The van der Waals surface area contributed by atoms with Gasteiger partial charge in [-0.2, -0.15) is 0 Å². The average molecular weight is 255 g/mol. The van der Waals surface area contributed by atoms with Crippen molar-refractivity contribution >= 4 is 11.6 Å². The first-order valence-corrected chi connectivity index (χ1v) is 6.21. The van der Waals surface area contributed by atoms with Crippen molar-refractivity contribution in [3.8, 4) is 0 Å². The van der Waals surface area contributed by atoms with Gasteiger partial charge in [-0.05, 0) is 36.2 Å². The zero-order valence-electron chi connectivity index (χ0n) is 10.9. The van der Waals surface area contributed by atoms with E-state index in [4.69, 9.17) is 0 Å². The fourth-order valence-electron chi connectivity index (χ4n) is 1.70. The molecule has 0 saturated heterocycles. The van der Waals surface area contributed by atoms with Gasteiger partial charge >= 0.3 is 0 Å². The molecule has 4 nitrogen and oxygen atoms in total. The molecule has 2 N–H and O–H groups in total. The number of carbonyl (C=O) groups is 1. The molecule has 0 spiro atoms. The van der Waals surface area contributed by atoms with E-state index in [9.17, 15) is 4.79 Å². The summed E-state index contributed by atoms with van der Waals surface area (Å²) >= 11 is 0. The minimum atomic E-state index is -0.0277. The molecule has 0 saturated carbocycles. The van der Waals surface area contributed by atoms with E-state index in [0.717, 1.165) is 16.8 Å². The lowest BCUT2D eigenvalue weighted by Crippen LogP contribution is -2.29. The zero-order valence-corrected chi connectivity index (χ0v) is 10.9. The van der Waals surface area contributed by atoms with Crippen LogP contribution in [0.2, 0.25) is 0 Å². The normalized spacial score (nSPS) is 9.95. The highest BCUT2D eigenvalue weighted by Gasteiger charge is 2.02. The number of nitrogens with zero attached hydrogens (tertiary/aromatic N) is 1. The summed E-state index contributed by atoms with van der Waals surface area (Å²) in [7, 11) is 0. The third-order valence-electron chi connectivity index (χ3n) is 2.84. The van der Waals surface area contributed by atoms with Gasteiger partial charge in [-0.3, -0.25) is 9.78 Å². The summed E-state index contributed by atoms with van der Waals surface area (Å²) in [6.45, 7) is 2.79. The molecule has 0 aliphatic heterocycles. The first-order chi connectivity index (χ1) is 9.25. The predicted molar refractivity (Wildman–Crippen MR) is 75.8 cm³/mol. The number of hydrogen-bond acceptors (Lipinski definition) is 3. The number of benzene rings is 1. The lowest BCUT2D eigenvalue weighted by atomic mass is 10.1. The van der Waals surface area contributed by atoms with E-state index in [1.54, 1.807) is 12.4 Å². The lowest BCUT2D eigenvalue weighted by Gasteiger charge is -2.09. The van der Waals surface area contributed by atoms with Crippen LogP contribution in [0.4, 0.5) is 5.69 Å². The second kappa shape index (κ2) is 6.54. The number of aryl methyl sites for hydroxylation is 1. The summed E-state index contributed by atoms with van der Waals surface area (Å²) in [5.41, 5.74) is 3.11. The topological polar surface area (TPSA) is 54.0 Å². The molecule has 0 aliphatic rings. The van der Waals surface area contributed by atoms with E-state index in [-0.39, 0.29) is 12.5 Å². The molecular formula is C15H17N3O. The minimum absolute atomic E-state index is 0.0277. The van der Waals surface area contributed by atoms with Gasteiger partial charge in [0.2, 0.25) is 5.91 Å². The van der Waals surface area contributed by atoms with Crippen LogP contribution >= 0.6 is 0 Å². The van der Waals surface area contributed by atoms with Crippen LogP contribution in [-0.2, 0) is 11.3 Å². The molecule has 4 heteroatoms. The van der Waals surface area contributed by atoms with Gasteiger partial charge in [0.25, 0.3) is 0 Å². The Labute approximate surface area is 112 Å². The number of nitrogens with one attached hydrogen (secondary N) is 2. The van der Waals surface area contributed by atoms with Gasteiger partial charge in [0.1, 0.15) is 0 Å². The van der Waals surface area contributed by atoms with Gasteiger partial charge in [0, 0.05) is 24.6 Å². The first-order valence-electron chi connectivity index (χ1n) is 6.21. The van der Waals surface area contributed by atoms with Crippen molar-refractivity contribution in [2.45, 2.75) is 13.5 Å². The molecule has 0 bridgehead atoms. The van der Waals surface area contributed by atoms with Crippen molar-refractivity contribution in [1.29, 1.82) is 0 Å². The molecule has 2 rings (SSSR count). The summed E-state index contributed by atoms with van der Waals surface area (Å²) < 4.78 is 0. The molecule has 0 radical (unpaired) electrons. The highest BCUT2D eigenvalue weighted by Crippen LogP contribution is 2.05. The van der Waals surface area contributed by atoms with Gasteiger partial charge in [-0.25, -0.2) is 0 Å². The van der Waals surface area contributed by atoms with Crippen molar-refractivity contribution in [3.05, 3.63) is 59.9 Å². The molecule has 1 aromatic heterocycles. The summed E-state index contributed by atoms with van der Waals surface area (Å²) in [4.78, 5) is 15.7. The Hall–Kier alpha value is -2.36. The van der Waals surface area contributed by atoms with E-state index < -0.39 is 0 Å². The maximum Gasteiger partial charge on any atom is 0.239 e. The van der Waals surface area contributed by atoms with Crippen LogP contribution in [0.5, 0.6) is 0 Å². The fourth-order valence-corrected chi connectivity index (χ4v) is 1.70. The number of para-hydroxylation sites is 1. The summed E-state index contributed by atoms with van der Waals surface area (Å²) in [6.07, 6.45) is 3.53. The molecule has 19 heavy (non-hydrogen) atoms. The summed E-state index contributed by atoms with van der Waals surface area (Å²) in [5.74, 6) is -0.0277. The van der Waals surface area contributed by atoms with E-state index >= 15 is 0 Å². The summed E-state index contributed by atoms with van der Waals surface area (Å²) in [6, 6.07) is 11.6. The van der Waals surface area contributed by atoms with Crippen molar-refractivity contribution < 1.29 is 4.79 Å². The Bertz CT molecular complexity index is 540. The predicted octanol–water partition coefficient (Wildman–Crippen LogP) is 2.12. The van der Waals surface area contributed by atoms with Gasteiger partial charge in [-0.1, -0.05) is 18.2 Å². The molecule has 1 heterocycles. The maximum atomic E-state index is 11.7. The number of pyridine rings is 1. The Morgan fingerprint density at radius 3 is 2.74 bits per heavy atom. The fraction of sp³-hybridized carbons (Fsp3) is 0.200. The van der Waals surface area contributed by atoms with E-state index in [0.29, 0.717) is 6.54 Å². The Balaban J connectivity index is 1.78. The highest BCUT2D eigenvalue weighted by atomic mass is 16.1. The number of aromatic nitrogens is 1. The van der Waals surface area contributed by atoms with Gasteiger partial charge < -0.3 is 10.6 Å². The Kier molecular flexibility index (Phi) is 4.50. The van der Waals surface area contributed by atoms with Crippen molar-refractivity contribution in [1.82, 2.24) is 10.3 Å². The maximum absolute atomic E-state index is 11.7. The number of anilines is 1. The Morgan fingerprint density at radius 1 is 1.21 bits per heavy atom. The van der Waals surface area contributed by atoms with E-state index in [2.05, 4.69) is 15.6 Å². The molecule has 2 aromatic rings. The minimum Gasteiger partial charge on any atom is -0.376 e. The van der Waals surface area contributed by atoms with Crippen LogP contribution in [0, 0.1) is 6.92 Å². The van der Waals surface area contributed by atoms with Crippen LogP contribution in [0.25, 0.3) is 0 Å². The van der Waals surface area contributed by atoms with Gasteiger partial charge in [-0.15, -0.1) is 0 Å². The van der Waals surface area contributed by atoms with E-state index in [1.165, 1.54) is 0 Å². The average Bonchev–Trinajstić information content (AvgIpc) is 2.45. The molecule has 98 valence electrons.